The van der Waals surface area contributed by atoms with Crippen molar-refractivity contribution in [2.24, 2.45) is 0 Å². The van der Waals surface area contributed by atoms with E-state index in [1.54, 1.807) is 12.1 Å². The first-order valence-corrected chi connectivity index (χ1v) is 7.56. The topological polar surface area (TPSA) is 140 Å². The Balaban J connectivity index is 0.00000180. The SMILES string of the molecule is O.O=S(=O)(O)c1ccc2ccccc2c1S(=O)(=O)O. The molecule has 0 amide bonds. The molecule has 0 saturated carbocycles. The van der Waals surface area contributed by atoms with Crippen LogP contribution in [0.5, 0.6) is 0 Å². The Morgan fingerprint density at radius 3 is 1.89 bits per heavy atom. The van der Waals surface area contributed by atoms with Crippen LogP contribution in [0.2, 0.25) is 0 Å². The van der Waals surface area contributed by atoms with Gasteiger partial charge in [0.25, 0.3) is 20.2 Å². The minimum Gasteiger partial charge on any atom is -0.412 e. The molecule has 2 aromatic rings. The van der Waals surface area contributed by atoms with Gasteiger partial charge in [0.2, 0.25) is 0 Å². The Hall–Kier alpha value is -1.52. The predicted octanol–water partition coefficient (Wildman–Crippen LogP) is 0.509. The van der Waals surface area contributed by atoms with Gasteiger partial charge in [-0.05, 0) is 11.5 Å². The van der Waals surface area contributed by atoms with Crippen molar-refractivity contribution in [3.8, 4) is 0 Å². The highest BCUT2D eigenvalue weighted by Gasteiger charge is 2.26. The third-order valence-corrected chi connectivity index (χ3v) is 4.36. The standard InChI is InChI=1S/C10H8O6S2.H2O/c11-17(12,13)9-6-5-7-3-1-2-4-8(7)10(9)18(14,15)16;/h1-6H,(H,11,12,13)(H,14,15,16);1H2. The van der Waals surface area contributed by atoms with Crippen molar-refractivity contribution in [2.45, 2.75) is 9.79 Å². The van der Waals surface area contributed by atoms with Crippen LogP contribution >= 0.6 is 0 Å². The second kappa shape index (κ2) is 4.87. The summed E-state index contributed by atoms with van der Waals surface area (Å²) in [6.07, 6.45) is 0. The van der Waals surface area contributed by atoms with Crippen LogP contribution in [0.3, 0.4) is 0 Å². The summed E-state index contributed by atoms with van der Waals surface area (Å²) < 4.78 is 63.0. The van der Waals surface area contributed by atoms with Crippen molar-refractivity contribution in [1.29, 1.82) is 0 Å². The van der Waals surface area contributed by atoms with Crippen LogP contribution in [0.4, 0.5) is 0 Å². The summed E-state index contributed by atoms with van der Waals surface area (Å²) in [6.45, 7) is 0. The Morgan fingerprint density at radius 1 is 0.789 bits per heavy atom. The normalized spacial score (nSPS) is 12.1. The average molecular weight is 306 g/mol. The van der Waals surface area contributed by atoms with Crippen LogP contribution in [0, 0.1) is 0 Å². The molecule has 0 aliphatic carbocycles. The number of fused-ring (bicyclic) bond motifs is 1. The fourth-order valence-corrected chi connectivity index (χ4v) is 3.69. The zero-order valence-electron chi connectivity index (χ0n) is 9.31. The molecule has 0 radical (unpaired) electrons. The Morgan fingerprint density at radius 2 is 1.37 bits per heavy atom. The molecule has 0 aliphatic heterocycles. The van der Waals surface area contributed by atoms with Gasteiger partial charge in [0.15, 0.2) is 0 Å². The van der Waals surface area contributed by atoms with Crippen molar-refractivity contribution in [3.63, 3.8) is 0 Å². The molecule has 0 bridgehead atoms. The lowest BCUT2D eigenvalue weighted by molar-refractivity contribution is 0.467. The number of benzene rings is 2. The number of rotatable bonds is 2. The third kappa shape index (κ3) is 2.91. The van der Waals surface area contributed by atoms with E-state index < -0.39 is 30.0 Å². The Kier molecular flexibility index (Phi) is 3.98. The van der Waals surface area contributed by atoms with Crippen LogP contribution in [0.15, 0.2) is 46.2 Å². The van der Waals surface area contributed by atoms with E-state index in [4.69, 9.17) is 9.11 Å². The Bertz CT molecular complexity index is 822. The van der Waals surface area contributed by atoms with Crippen molar-refractivity contribution < 1.29 is 31.4 Å². The van der Waals surface area contributed by atoms with Gasteiger partial charge in [0.05, 0.1) is 0 Å². The monoisotopic (exact) mass is 306 g/mol. The first-order chi connectivity index (χ1) is 8.21. The molecule has 0 unspecified atom stereocenters. The predicted molar refractivity (Wildman–Crippen MR) is 67.2 cm³/mol. The average Bonchev–Trinajstić information content (AvgIpc) is 2.24. The smallest absolute Gasteiger partial charge is 0.296 e. The molecule has 0 spiro atoms. The lowest BCUT2D eigenvalue weighted by atomic mass is 10.1. The van der Waals surface area contributed by atoms with Crippen LogP contribution in [0.25, 0.3) is 10.8 Å². The third-order valence-electron chi connectivity index (χ3n) is 2.38. The molecule has 7 nitrogen and oxygen atoms in total. The second-order valence-corrected chi connectivity index (χ2v) is 6.31. The quantitative estimate of drug-likeness (QED) is 0.774. The molecule has 19 heavy (non-hydrogen) atoms. The van der Waals surface area contributed by atoms with E-state index in [0.717, 1.165) is 6.07 Å². The minimum absolute atomic E-state index is 0. The van der Waals surface area contributed by atoms with Gasteiger partial charge in [-0.25, -0.2) is 0 Å². The maximum absolute atomic E-state index is 11.3. The van der Waals surface area contributed by atoms with E-state index in [9.17, 15) is 16.8 Å². The second-order valence-electron chi connectivity index (χ2n) is 3.56. The summed E-state index contributed by atoms with van der Waals surface area (Å²) in [6, 6.07) is 8.28. The fraction of sp³-hybridized carbons (Fsp3) is 0. The van der Waals surface area contributed by atoms with Crippen molar-refractivity contribution in [1.82, 2.24) is 0 Å². The molecule has 2 rings (SSSR count). The zero-order valence-corrected chi connectivity index (χ0v) is 10.9. The van der Waals surface area contributed by atoms with Crippen LogP contribution < -0.4 is 0 Å². The van der Waals surface area contributed by atoms with E-state index in [0.29, 0.717) is 5.39 Å². The summed E-state index contributed by atoms with van der Waals surface area (Å²) in [5.41, 5.74) is 0. The van der Waals surface area contributed by atoms with E-state index >= 15 is 0 Å². The lowest BCUT2D eigenvalue weighted by Crippen LogP contribution is -2.09. The summed E-state index contributed by atoms with van der Waals surface area (Å²) >= 11 is 0. The first kappa shape index (κ1) is 15.5. The molecule has 9 heteroatoms. The summed E-state index contributed by atoms with van der Waals surface area (Å²) in [5.74, 6) is 0. The molecule has 0 heterocycles. The van der Waals surface area contributed by atoms with Gasteiger partial charge in [-0.15, -0.1) is 0 Å². The zero-order chi connectivity index (χ0) is 13.6. The molecule has 0 aromatic heterocycles. The van der Waals surface area contributed by atoms with Gasteiger partial charge in [0, 0.05) is 5.39 Å². The molecule has 0 saturated heterocycles. The molecule has 0 atom stereocenters. The van der Waals surface area contributed by atoms with Crippen molar-refractivity contribution in [2.75, 3.05) is 0 Å². The maximum Gasteiger partial charge on any atom is 0.296 e. The number of hydrogen-bond donors (Lipinski definition) is 2. The van der Waals surface area contributed by atoms with Crippen molar-refractivity contribution in [3.05, 3.63) is 36.4 Å². The van der Waals surface area contributed by atoms with E-state index in [2.05, 4.69) is 0 Å². The Labute approximate surface area is 109 Å². The van der Waals surface area contributed by atoms with E-state index in [1.807, 2.05) is 0 Å². The maximum atomic E-state index is 11.3. The molecular formula is C10H10O7S2. The number of hydrogen-bond acceptors (Lipinski definition) is 4. The lowest BCUT2D eigenvalue weighted by Gasteiger charge is -2.08. The van der Waals surface area contributed by atoms with Gasteiger partial charge in [-0.1, -0.05) is 30.3 Å². The highest BCUT2D eigenvalue weighted by atomic mass is 32.2. The van der Waals surface area contributed by atoms with Crippen LogP contribution in [0.1, 0.15) is 0 Å². The summed E-state index contributed by atoms with van der Waals surface area (Å²) in [4.78, 5) is -1.66. The highest BCUT2D eigenvalue weighted by Crippen LogP contribution is 2.29. The first-order valence-electron chi connectivity index (χ1n) is 4.68. The van der Waals surface area contributed by atoms with Gasteiger partial charge >= 0.3 is 0 Å². The van der Waals surface area contributed by atoms with Crippen molar-refractivity contribution >= 4 is 31.0 Å². The van der Waals surface area contributed by atoms with E-state index in [1.165, 1.54) is 18.2 Å². The van der Waals surface area contributed by atoms with Gasteiger partial charge in [-0.3, -0.25) is 9.11 Å². The van der Waals surface area contributed by atoms with Gasteiger partial charge in [-0.2, -0.15) is 16.8 Å². The molecule has 104 valence electrons. The minimum atomic E-state index is -4.78. The molecule has 0 fully saturated rings. The molecular weight excluding hydrogens is 296 g/mol. The van der Waals surface area contributed by atoms with Gasteiger partial charge in [0.1, 0.15) is 9.79 Å². The molecule has 0 aliphatic rings. The summed E-state index contributed by atoms with van der Waals surface area (Å²) in [7, 11) is -9.53. The van der Waals surface area contributed by atoms with E-state index in [-0.39, 0.29) is 10.9 Å². The molecule has 4 N–H and O–H groups in total. The fourth-order valence-electron chi connectivity index (χ4n) is 1.69. The van der Waals surface area contributed by atoms with Crippen LogP contribution in [-0.4, -0.2) is 31.4 Å². The highest BCUT2D eigenvalue weighted by molar-refractivity contribution is 7.89. The molecule has 2 aromatic carbocycles. The van der Waals surface area contributed by atoms with Gasteiger partial charge < -0.3 is 5.48 Å². The van der Waals surface area contributed by atoms with Crippen LogP contribution in [-0.2, 0) is 20.2 Å². The summed E-state index contributed by atoms with van der Waals surface area (Å²) in [5, 5.41) is 0.452. The largest absolute Gasteiger partial charge is 0.412 e.